The number of alkyl halides is 2. The highest BCUT2D eigenvalue weighted by atomic mass is 35.5. The van der Waals surface area contributed by atoms with Gasteiger partial charge >= 0.3 is 5.92 Å². The maximum absolute atomic E-state index is 15.4. The van der Waals surface area contributed by atoms with Crippen molar-refractivity contribution in [1.29, 1.82) is 0 Å². The van der Waals surface area contributed by atoms with Gasteiger partial charge in [-0.3, -0.25) is 9.25 Å². The average molecular weight is 547 g/mol. The number of halogens is 3. The highest BCUT2D eigenvalue weighted by Gasteiger charge is 2.47. The van der Waals surface area contributed by atoms with E-state index >= 15 is 8.78 Å². The lowest BCUT2D eigenvalue weighted by molar-refractivity contribution is 0.0183. The third kappa shape index (κ3) is 3.96. The van der Waals surface area contributed by atoms with Crippen LogP contribution in [0, 0.1) is 6.92 Å². The van der Waals surface area contributed by atoms with Crippen LogP contribution in [0.15, 0.2) is 41.4 Å². The lowest BCUT2D eigenvalue weighted by Crippen LogP contribution is -2.28. The van der Waals surface area contributed by atoms with Gasteiger partial charge < -0.3 is 9.88 Å². The van der Waals surface area contributed by atoms with Gasteiger partial charge in [-0.1, -0.05) is 16.8 Å². The van der Waals surface area contributed by atoms with Crippen molar-refractivity contribution in [3.8, 4) is 22.6 Å². The van der Waals surface area contributed by atoms with Crippen LogP contribution in [-0.4, -0.2) is 44.4 Å². The van der Waals surface area contributed by atoms with Crippen molar-refractivity contribution in [3.63, 3.8) is 0 Å². The summed E-state index contributed by atoms with van der Waals surface area (Å²) in [5.74, 6) is -2.37. The summed E-state index contributed by atoms with van der Waals surface area (Å²) in [4.78, 5) is 4.35. The Balaban J connectivity index is 0.00000280. The summed E-state index contributed by atoms with van der Waals surface area (Å²) < 4.78 is 40.3. The van der Waals surface area contributed by atoms with E-state index in [1.54, 1.807) is 17.1 Å². The van der Waals surface area contributed by atoms with Gasteiger partial charge in [0.05, 0.1) is 23.0 Å². The van der Waals surface area contributed by atoms with Gasteiger partial charge in [0, 0.05) is 43.2 Å². The van der Waals surface area contributed by atoms with Gasteiger partial charge in [0.1, 0.15) is 17.3 Å². The highest BCUT2D eigenvalue weighted by molar-refractivity contribution is 7.59. The van der Waals surface area contributed by atoms with Crippen LogP contribution in [0.1, 0.15) is 30.2 Å². The lowest BCUT2D eigenvalue weighted by Gasteiger charge is -2.26. The first-order valence-corrected chi connectivity index (χ1v) is 11.4. The topological polar surface area (TPSA) is 117 Å². The fourth-order valence-electron chi connectivity index (χ4n) is 4.44. The molecular weight excluding hydrogens is 526 g/mol. The van der Waals surface area contributed by atoms with E-state index in [9.17, 15) is 0 Å². The second-order valence-electron chi connectivity index (χ2n) is 8.62. The standard InChI is InChI=1S/C22H19ClF2N10O.H2S/c1-11-9-34-10-13(14-7-17(26-8-15(14)23)28-18-4-5-27-33(18)3)6-16(34)20-29-30-21(35(11)20)22(24,25)19-12(2)31-36-32-19;/h4-8,10-11H,9H2,1-3H3,(H,26,28);1H2/t11-;/m0./s1. The largest absolute Gasteiger partial charge is 0.353 e. The summed E-state index contributed by atoms with van der Waals surface area (Å²) >= 11 is 6.50. The Morgan fingerprint density at radius 3 is 2.73 bits per heavy atom. The molecule has 5 aromatic rings. The van der Waals surface area contributed by atoms with Crippen molar-refractivity contribution in [1.82, 2.24) is 44.4 Å². The first-order valence-electron chi connectivity index (χ1n) is 11.0. The molecule has 192 valence electrons. The van der Waals surface area contributed by atoms with Crippen LogP contribution in [0.5, 0.6) is 0 Å². The number of aromatic nitrogens is 9. The van der Waals surface area contributed by atoms with Crippen molar-refractivity contribution in [2.24, 2.45) is 7.05 Å². The molecule has 1 aliphatic rings. The summed E-state index contributed by atoms with van der Waals surface area (Å²) in [5.41, 5.74) is 1.57. The predicted octanol–water partition coefficient (Wildman–Crippen LogP) is 4.46. The number of hydrogen-bond donors (Lipinski definition) is 1. The number of fused-ring (bicyclic) bond motifs is 3. The Morgan fingerprint density at radius 1 is 1.22 bits per heavy atom. The third-order valence-electron chi connectivity index (χ3n) is 6.20. The summed E-state index contributed by atoms with van der Waals surface area (Å²) in [6.45, 7) is 3.67. The zero-order chi connectivity index (χ0) is 25.2. The van der Waals surface area contributed by atoms with E-state index < -0.39 is 17.4 Å². The fourth-order valence-corrected chi connectivity index (χ4v) is 4.65. The van der Waals surface area contributed by atoms with Crippen molar-refractivity contribution in [2.45, 2.75) is 32.4 Å². The van der Waals surface area contributed by atoms with Gasteiger partial charge in [0.25, 0.3) is 0 Å². The van der Waals surface area contributed by atoms with Crippen LogP contribution < -0.4 is 5.32 Å². The second-order valence-corrected chi connectivity index (χ2v) is 9.03. The monoisotopic (exact) mass is 546 g/mol. The normalized spacial score (nSPS) is 14.7. The van der Waals surface area contributed by atoms with Crippen molar-refractivity contribution in [2.75, 3.05) is 5.32 Å². The molecule has 0 spiro atoms. The van der Waals surface area contributed by atoms with Gasteiger partial charge in [0.2, 0.25) is 5.82 Å². The minimum atomic E-state index is -3.53. The SMILES string of the molecule is Cc1nonc1C(F)(F)c1nnc2n1[C@@H](C)Cn1cc(-c3cc(Nc4ccnn4C)ncc3Cl)cc1-2.S. The van der Waals surface area contributed by atoms with E-state index in [1.165, 1.54) is 11.5 Å². The molecule has 0 aromatic carbocycles. The van der Waals surface area contributed by atoms with Crippen LogP contribution in [0.3, 0.4) is 0 Å². The zero-order valence-electron chi connectivity index (χ0n) is 19.8. The van der Waals surface area contributed by atoms with Crippen LogP contribution in [-0.2, 0) is 19.5 Å². The molecule has 0 radical (unpaired) electrons. The fraction of sp³-hybridized carbons (Fsp3) is 0.273. The first-order chi connectivity index (χ1) is 17.2. The molecule has 0 aliphatic carbocycles. The Morgan fingerprint density at radius 2 is 2.03 bits per heavy atom. The molecule has 0 saturated heterocycles. The number of nitrogens with one attached hydrogen (secondary N) is 1. The van der Waals surface area contributed by atoms with Gasteiger partial charge in [-0.2, -0.15) is 27.4 Å². The van der Waals surface area contributed by atoms with Crippen molar-refractivity contribution < 1.29 is 13.4 Å². The van der Waals surface area contributed by atoms with E-state index in [-0.39, 0.29) is 25.2 Å². The smallest absolute Gasteiger partial charge is 0.342 e. The minimum absolute atomic E-state index is 0. The summed E-state index contributed by atoms with van der Waals surface area (Å²) in [5, 5.41) is 22.7. The third-order valence-corrected chi connectivity index (χ3v) is 6.50. The van der Waals surface area contributed by atoms with Crippen molar-refractivity contribution >= 4 is 36.7 Å². The van der Waals surface area contributed by atoms with Crippen LogP contribution in [0.2, 0.25) is 5.02 Å². The van der Waals surface area contributed by atoms with E-state index in [0.29, 0.717) is 28.9 Å². The molecule has 1 aliphatic heterocycles. The van der Waals surface area contributed by atoms with Crippen LogP contribution in [0.25, 0.3) is 22.6 Å². The molecule has 1 atom stereocenters. The molecule has 11 nitrogen and oxygen atoms in total. The van der Waals surface area contributed by atoms with Gasteiger partial charge in [-0.25, -0.2) is 9.61 Å². The van der Waals surface area contributed by atoms with E-state index in [2.05, 4.69) is 40.5 Å². The number of pyridine rings is 1. The van der Waals surface area contributed by atoms with E-state index in [1.807, 2.05) is 42.9 Å². The first kappa shape index (κ1) is 24.9. The molecule has 15 heteroatoms. The van der Waals surface area contributed by atoms with Gasteiger partial charge in [-0.15, -0.1) is 10.2 Å². The van der Waals surface area contributed by atoms with Crippen molar-refractivity contribution in [3.05, 3.63) is 59.0 Å². The number of nitrogens with zero attached hydrogens (tertiary/aromatic N) is 9. The maximum Gasteiger partial charge on any atom is 0.353 e. The molecule has 6 heterocycles. The predicted molar refractivity (Wildman–Crippen MR) is 135 cm³/mol. The van der Waals surface area contributed by atoms with E-state index in [0.717, 1.165) is 16.9 Å². The minimum Gasteiger partial charge on any atom is -0.342 e. The number of rotatable bonds is 5. The molecule has 37 heavy (non-hydrogen) atoms. The number of aryl methyl sites for hydroxylation is 2. The lowest BCUT2D eigenvalue weighted by atomic mass is 10.1. The van der Waals surface area contributed by atoms with Crippen LogP contribution in [0.4, 0.5) is 20.4 Å². The summed E-state index contributed by atoms with van der Waals surface area (Å²) in [7, 11) is 1.82. The number of anilines is 2. The quantitative estimate of drug-likeness (QED) is 0.343. The molecule has 0 fully saturated rings. The second kappa shape index (κ2) is 8.95. The molecule has 1 N–H and O–H groups in total. The average Bonchev–Trinajstić information content (AvgIpc) is 3.62. The van der Waals surface area contributed by atoms with E-state index in [4.69, 9.17) is 11.6 Å². The molecule has 0 saturated carbocycles. The molecule has 5 aromatic heterocycles. The van der Waals surface area contributed by atoms with Gasteiger partial charge in [0.15, 0.2) is 11.5 Å². The summed E-state index contributed by atoms with van der Waals surface area (Å²) in [6.07, 6.45) is 5.16. The summed E-state index contributed by atoms with van der Waals surface area (Å²) in [6, 6.07) is 5.15. The maximum atomic E-state index is 15.4. The van der Waals surface area contributed by atoms with Crippen LogP contribution >= 0.6 is 25.1 Å². The molecule has 0 unspecified atom stereocenters. The Labute approximate surface area is 220 Å². The highest BCUT2D eigenvalue weighted by Crippen LogP contribution is 2.42. The molecule has 0 bridgehead atoms. The Hall–Kier alpha value is -3.78. The number of hydrogen-bond acceptors (Lipinski definition) is 8. The molecule has 6 rings (SSSR count). The molecular formula is C22H21ClF2N10OS. The Kier molecular flexibility index (Phi) is 6.02. The molecule has 0 amide bonds. The zero-order valence-corrected chi connectivity index (χ0v) is 21.6. The van der Waals surface area contributed by atoms with Gasteiger partial charge in [-0.05, 0) is 31.1 Å². The Bertz CT molecular complexity index is 1610.